The number of aryl methyl sites for hydroxylation is 2. The molecule has 2 aromatic carbocycles. The summed E-state index contributed by atoms with van der Waals surface area (Å²) >= 11 is 0. The maximum Gasteiger partial charge on any atom is 0.272 e. The zero-order chi connectivity index (χ0) is 25.2. The second kappa shape index (κ2) is 9.77. The highest BCUT2D eigenvalue weighted by Gasteiger charge is 2.33. The molecule has 36 heavy (non-hydrogen) atoms. The van der Waals surface area contributed by atoms with E-state index in [1.54, 1.807) is 18.0 Å². The van der Waals surface area contributed by atoms with E-state index in [2.05, 4.69) is 22.4 Å². The Morgan fingerprint density at radius 2 is 1.92 bits per heavy atom. The smallest absolute Gasteiger partial charge is 0.272 e. The summed E-state index contributed by atoms with van der Waals surface area (Å²) in [5.41, 5.74) is 5.41. The minimum atomic E-state index is -0.204. The van der Waals surface area contributed by atoms with Gasteiger partial charge in [0.2, 0.25) is 5.91 Å². The van der Waals surface area contributed by atoms with Gasteiger partial charge in [-0.2, -0.15) is 14.9 Å². The lowest BCUT2D eigenvalue weighted by molar-refractivity contribution is -0.116. The maximum absolute atomic E-state index is 12.8. The molecular formula is C27H28N6O3. The highest BCUT2D eigenvalue weighted by atomic mass is 16.5. The monoisotopic (exact) mass is 484 g/mol. The van der Waals surface area contributed by atoms with E-state index in [0.717, 1.165) is 34.4 Å². The summed E-state index contributed by atoms with van der Waals surface area (Å²) in [7, 11) is 1.62. The number of carbonyl (C=O) groups is 1. The van der Waals surface area contributed by atoms with Crippen LogP contribution in [0.4, 0.5) is 5.82 Å². The summed E-state index contributed by atoms with van der Waals surface area (Å²) in [5, 5.41) is 16.1. The van der Waals surface area contributed by atoms with Crippen molar-refractivity contribution in [2.24, 2.45) is 0 Å². The Bertz CT molecular complexity index is 1410. The van der Waals surface area contributed by atoms with E-state index in [9.17, 15) is 4.79 Å². The molecule has 3 heterocycles. The summed E-state index contributed by atoms with van der Waals surface area (Å²) in [4.78, 5) is 17.5. The quantitative estimate of drug-likeness (QED) is 0.408. The molecule has 9 nitrogen and oxygen atoms in total. The lowest BCUT2D eigenvalue weighted by atomic mass is 9.85. The molecule has 1 amide bonds. The molecule has 1 aliphatic rings. The molecule has 9 heteroatoms. The Morgan fingerprint density at radius 1 is 1.11 bits per heavy atom. The number of methoxy groups -OCH3 is 1. The minimum Gasteiger partial charge on any atom is -0.493 e. The molecule has 2 aromatic heterocycles. The molecule has 0 radical (unpaired) electrons. The molecule has 1 unspecified atom stereocenters. The fraction of sp³-hybridized carbons (Fsp3) is 0.296. The van der Waals surface area contributed by atoms with Crippen LogP contribution in [0.2, 0.25) is 0 Å². The van der Waals surface area contributed by atoms with Crippen molar-refractivity contribution >= 4 is 11.7 Å². The third-order valence-corrected chi connectivity index (χ3v) is 6.24. The molecule has 1 atom stereocenters. The number of nitrogens with one attached hydrogen (secondary N) is 1. The van der Waals surface area contributed by atoms with Gasteiger partial charge in [-0.1, -0.05) is 42.8 Å². The molecular weight excluding hydrogens is 456 g/mol. The number of amides is 1. The minimum absolute atomic E-state index is 0.110. The van der Waals surface area contributed by atoms with E-state index in [0.29, 0.717) is 42.0 Å². The Morgan fingerprint density at radius 3 is 2.67 bits per heavy atom. The summed E-state index contributed by atoms with van der Waals surface area (Å²) in [6.45, 7) is 6.62. The highest BCUT2D eigenvalue weighted by molar-refractivity contribution is 5.95. The van der Waals surface area contributed by atoms with Crippen molar-refractivity contribution in [3.05, 3.63) is 71.0 Å². The number of hydrogen-bond donors (Lipinski definition) is 1. The first-order valence-corrected chi connectivity index (χ1v) is 12.0. The number of hydrogen-bond acceptors (Lipinski definition) is 7. The van der Waals surface area contributed by atoms with Crippen LogP contribution in [-0.2, 0) is 4.79 Å². The zero-order valence-corrected chi connectivity index (χ0v) is 20.8. The van der Waals surface area contributed by atoms with Gasteiger partial charge in [-0.15, -0.1) is 5.10 Å². The van der Waals surface area contributed by atoms with Gasteiger partial charge in [0.1, 0.15) is 5.82 Å². The molecule has 4 aromatic rings. The Balaban J connectivity index is 1.55. The molecule has 0 saturated carbocycles. The van der Waals surface area contributed by atoms with Gasteiger partial charge < -0.3 is 14.8 Å². The van der Waals surface area contributed by atoms with Crippen molar-refractivity contribution in [1.29, 1.82) is 0 Å². The largest absolute Gasteiger partial charge is 0.493 e. The maximum atomic E-state index is 12.8. The topological polar surface area (TPSA) is 104 Å². The van der Waals surface area contributed by atoms with Gasteiger partial charge in [-0.05, 0) is 38.0 Å². The second-order valence-electron chi connectivity index (χ2n) is 8.83. The molecule has 5 rings (SSSR count). The van der Waals surface area contributed by atoms with Crippen LogP contribution in [0, 0.1) is 13.8 Å². The SMILES string of the molecule is CCCOc1ccc(C2CC(=O)Nc3c2c(C)nn3-c2nncc(-c3ccc(C)cc3)n2)cc1OC. The number of anilines is 1. The van der Waals surface area contributed by atoms with Crippen molar-refractivity contribution in [2.45, 2.75) is 39.5 Å². The average Bonchev–Trinajstić information content (AvgIpc) is 3.23. The van der Waals surface area contributed by atoms with Gasteiger partial charge >= 0.3 is 0 Å². The van der Waals surface area contributed by atoms with E-state index < -0.39 is 0 Å². The van der Waals surface area contributed by atoms with Crippen LogP contribution in [0.5, 0.6) is 11.5 Å². The third kappa shape index (κ3) is 4.39. The van der Waals surface area contributed by atoms with Gasteiger partial charge in [-0.25, -0.2) is 4.98 Å². The molecule has 0 bridgehead atoms. The lowest BCUT2D eigenvalue weighted by Crippen LogP contribution is -2.25. The van der Waals surface area contributed by atoms with Gasteiger partial charge in [0.05, 0.1) is 31.3 Å². The number of fused-ring (bicyclic) bond motifs is 1. The molecule has 1 aliphatic heterocycles. The molecule has 0 aliphatic carbocycles. The zero-order valence-electron chi connectivity index (χ0n) is 20.8. The molecule has 184 valence electrons. The van der Waals surface area contributed by atoms with Gasteiger partial charge in [0, 0.05) is 23.5 Å². The lowest BCUT2D eigenvalue weighted by Gasteiger charge is -2.25. The highest BCUT2D eigenvalue weighted by Crippen LogP contribution is 2.42. The van der Waals surface area contributed by atoms with Crippen molar-refractivity contribution in [2.75, 3.05) is 19.0 Å². The normalized spacial score (nSPS) is 14.8. The summed E-state index contributed by atoms with van der Waals surface area (Å²) in [5.74, 6) is 1.85. The molecule has 0 saturated heterocycles. The standard InChI is InChI=1S/C27H28N6O3/c1-5-12-36-22-11-10-19(13-23(22)35-4)20-14-24(34)30-26-25(20)17(3)32-33(26)27-29-21(15-28-31-27)18-8-6-16(2)7-9-18/h6-11,13,15,20H,5,12,14H2,1-4H3,(H,30,34). The molecule has 0 spiro atoms. The van der Waals surface area contributed by atoms with E-state index in [1.807, 2.05) is 56.3 Å². The van der Waals surface area contributed by atoms with Crippen LogP contribution in [-0.4, -0.2) is 44.6 Å². The van der Waals surface area contributed by atoms with E-state index in [4.69, 9.17) is 19.6 Å². The second-order valence-corrected chi connectivity index (χ2v) is 8.83. The molecule has 1 N–H and O–H groups in total. The summed E-state index contributed by atoms with van der Waals surface area (Å²) in [6, 6.07) is 13.8. The average molecular weight is 485 g/mol. The first-order valence-electron chi connectivity index (χ1n) is 12.0. The Kier molecular flexibility index (Phi) is 6.37. The van der Waals surface area contributed by atoms with Crippen molar-refractivity contribution in [3.63, 3.8) is 0 Å². The van der Waals surface area contributed by atoms with E-state index in [1.165, 1.54) is 0 Å². The first kappa shape index (κ1) is 23.5. The van der Waals surface area contributed by atoms with Crippen molar-refractivity contribution in [3.8, 4) is 28.7 Å². The van der Waals surface area contributed by atoms with Crippen LogP contribution in [0.15, 0.2) is 48.7 Å². The third-order valence-electron chi connectivity index (χ3n) is 6.24. The number of aromatic nitrogens is 5. The fourth-order valence-electron chi connectivity index (χ4n) is 4.46. The Hall–Kier alpha value is -4.27. The van der Waals surface area contributed by atoms with Gasteiger partial charge in [-0.3, -0.25) is 4.79 Å². The fourth-order valence-corrected chi connectivity index (χ4v) is 4.46. The number of rotatable bonds is 7. The van der Waals surface area contributed by atoms with Gasteiger partial charge in [0.25, 0.3) is 5.95 Å². The van der Waals surface area contributed by atoms with Crippen LogP contribution in [0.1, 0.15) is 48.1 Å². The molecule has 0 fully saturated rings. The van der Waals surface area contributed by atoms with Crippen molar-refractivity contribution < 1.29 is 14.3 Å². The van der Waals surface area contributed by atoms with Crippen LogP contribution in [0.3, 0.4) is 0 Å². The number of nitrogens with zero attached hydrogens (tertiary/aromatic N) is 5. The predicted molar refractivity (Wildman–Crippen MR) is 136 cm³/mol. The first-order chi connectivity index (χ1) is 17.5. The predicted octanol–water partition coefficient (Wildman–Crippen LogP) is 4.61. The summed E-state index contributed by atoms with van der Waals surface area (Å²) in [6.07, 6.45) is 2.81. The van der Waals surface area contributed by atoms with Crippen LogP contribution >= 0.6 is 0 Å². The van der Waals surface area contributed by atoms with Crippen LogP contribution in [0.25, 0.3) is 17.2 Å². The number of benzene rings is 2. The van der Waals surface area contributed by atoms with E-state index in [-0.39, 0.29) is 11.8 Å². The summed E-state index contributed by atoms with van der Waals surface area (Å²) < 4.78 is 13.0. The van der Waals surface area contributed by atoms with Crippen LogP contribution < -0.4 is 14.8 Å². The Labute approximate surface area is 209 Å². The number of carbonyl (C=O) groups excluding carboxylic acids is 1. The van der Waals surface area contributed by atoms with E-state index >= 15 is 0 Å². The van der Waals surface area contributed by atoms with Gasteiger partial charge in [0.15, 0.2) is 11.5 Å². The van der Waals surface area contributed by atoms with Crippen molar-refractivity contribution in [1.82, 2.24) is 25.0 Å². The number of ether oxygens (including phenoxy) is 2.